The minimum atomic E-state index is -0.809. The molecule has 2 aliphatic heterocycles. The third-order valence-electron chi connectivity index (χ3n) is 4.40. The van der Waals surface area contributed by atoms with Crippen LogP contribution in [-0.2, 0) is 20.1 Å². The van der Waals surface area contributed by atoms with E-state index in [9.17, 15) is 0 Å². The van der Waals surface area contributed by atoms with Gasteiger partial charge in [0, 0.05) is 17.7 Å². The van der Waals surface area contributed by atoms with Gasteiger partial charge >= 0.3 is 0 Å². The molecule has 0 amide bonds. The Hall–Kier alpha value is -2.57. The van der Waals surface area contributed by atoms with E-state index in [2.05, 4.69) is 5.16 Å². The van der Waals surface area contributed by atoms with Crippen molar-refractivity contribution in [3.8, 4) is 5.75 Å². The number of benzene rings is 2. The average molecular weight is 340 g/mol. The van der Waals surface area contributed by atoms with Gasteiger partial charge in [-0.05, 0) is 31.2 Å². The third-order valence-corrected chi connectivity index (χ3v) is 4.40. The Balaban J connectivity index is 1.70. The number of methoxy groups -OCH3 is 1. The van der Waals surface area contributed by atoms with Crippen LogP contribution in [0.25, 0.3) is 0 Å². The number of fused-ring (bicyclic) bond motifs is 1. The first-order valence-corrected chi connectivity index (χ1v) is 8.31. The molecule has 2 aliphatic rings. The molecule has 0 aromatic heterocycles. The number of hydrogen-bond donors (Lipinski definition) is 0. The zero-order valence-corrected chi connectivity index (χ0v) is 14.2. The zero-order chi connectivity index (χ0) is 17.3. The predicted molar refractivity (Wildman–Crippen MR) is 91.7 cm³/mol. The Kier molecular flexibility index (Phi) is 4.07. The fourth-order valence-corrected chi connectivity index (χ4v) is 3.17. The summed E-state index contributed by atoms with van der Waals surface area (Å²) in [6, 6.07) is 17.6. The number of rotatable bonds is 5. The normalized spacial score (nSPS) is 24.6. The fourth-order valence-electron chi connectivity index (χ4n) is 3.17. The lowest BCUT2D eigenvalue weighted by atomic mass is 9.99. The Bertz CT molecular complexity index is 763. The topological polar surface area (TPSA) is 52.5 Å². The predicted octanol–water partition coefficient (Wildman–Crippen LogP) is 3.24. The first kappa shape index (κ1) is 15.9. The molecule has 130 valence electrons. The summed E-state index contributed by atoms with van der Waals surface area (Å²) in [6.07, 6.45) is 0.155. The van der Waals surface area contributed by atoms with Crippen molar-refractivity contribution < 1.29 is 19.1 Å². The molecule has 0 aliphatic carbocycles. The van der Waals surface area contributed by atoms with Crippen molar-refractivity contribution >= 4 is 5.84 Å². The summed E-state index contributed by atoms with van der Waals surface area (Å²) >= 11 is 0. The summed E-state index contributed by atoms with van der Waals surface area (Å²) < 4.78 is 10.9. The van der Waals surface area contributed by atoms with Gasteiger partial charge in [0.1, 0.15) is 5.75 Å². The van der Waals surface area contributed by atoms with Crippen molar-refractivity contribution in [2.45, 2.75) is 25.4 Å². The van der Waals surface area contributed by atoms with Gasteiger partial charge in [-0.15, -0.1) is 0 Å². The second-order valence-electron chi connectivity index (χ2n) is 5.87. The smallest absolute Gasteiger partial charge is 0.264 e. The van der Waals surface area contributed by atoms with Gasteiger partial charge < -0.3 is 14.3 Å². The Morgan fingerprint density at radius 1 is 1.16 bits per heavy atom. The zero-order valence-electron chi connectivity index (χ0n) is 14.2. The standard InChI is InChI=1S/C19H20N2O4/c1-3-23-17-13-19(15-7-5-4-6-8-15)21(24-17)18(20-25-19)14-9-11-16(22-2)12-10-14/h4-12,17H,3,13H2,1-2H3/t17-,19+/m0/s1. The number of ether oxygens (including phenoxy) is 2. The van der Waals surface area contributed by atoms with Crippen molar-refractivity contribution in [1.29, 1.82) is 0 Å². The molecule has 1 fully saturated rings. The number of hydroxylamine groups is 2. The van der Waals surface area contributed by atoms with Crippen LogP contribution in [0.15, 0.2) is 59.8 Å². The van der Waals surface area contributed by atoms with Gasteiger partial charge in [0.2, 0.25) is 5.84 Å². The molecule has 2 aromatic rings. The van der Waals surface area contributed by atoms with Gasteiger partial charge in [0.15, 0.2) is 6.29 Å². The van der Waals surface area contributed by atoms with E-state index in [1.165, 1.54) is 0 Å². The summed E-state index contributed by atoms with van der Waals surface area (Å²) in [5.41, 5.74) is 1.05. The minimum absolute atomic E-state index is 0.381. The van der Waals surface area contributed by atoms with Crippen molar-refractivity contribution in [3.05, 3.63) is 65.7 Å². The molecule has 2 aromatic carbocycles. The number of amidine groups is 1. The molecule has 0 spiro atoms. The molecule has 0 N–H and O–H groups in total. The van der Waals surface area contributed by atoms with E-state index in [4.69, 9.17) is 19.1 Å². The second kappa shape index (κ2) is 6.38. The molecule has 25 heavy (non-hydrogen) atoms. The molecular weight excluding hydrogens is 320 g/mol. The summed E-state index contributed by atoms with van der Waals surface area (Å²) in [5.74, 6) is 1.40. The number of oxime groups is 1. The SMILES string of the molecule is CCO[C@@H]1C[C@]2(c3ccccc3)ON=C(c3ccc(OC)cc3)N2O1. The van der Waals surface area contributed by atoms with Crippen LogP contribution in [0.5, 0.6) is 5.75 Å². The fraction of sp³-hybridized carbons (Fsp3) is 0.316. The maximum absolute atomic E-state index is 6.03. The van der Waals surface area contributed by atoms with Gasteiger partial charge in [-0.25, -0.2) is 4.84 Å². The summed E-state index contributed by atoms with van der Waals surface area (Å²) in [4.78, 5) is 12.0. The molecule has 0 radical (unpaired) electrons. The Morgan fingerprint density at radius 3 is 2.60 bits per heavy atom. The molecular formula is C19H20N2O4. The van der Waals surface area contributed by atoms with Crippen LogP contribution in [0.3, 0.4) is 0 Å². The minimum Gasteiger partial charge on any atom is -0.497 e. The molecule has 2 atom stereocenters. The van der Waals surface area contributed by atoms with Crippen LogP contribution in [0, 0.1) is 0 Å². The van der Waals surface area contributed by atoms with E-state index in [0.29, 0.717) is 18.9 Å². The maximum Gasteiger partial charge on any atom is 0.264 e. The van der Waals surface area contributed by atoms with Crippen LogP contribution in [0.2, 0.25) is 0 Å². The Morgan fingerprint density at radius 2 is 1.92 bits per heavy atom. The monoisotopic (exact) mass is 340 g/mol. The molecule has 0 bridgehead atoms. The third kappa shape index (κ3) is 2.63. The highest BCUT2D eigenvalue weighted by Crippen LogP contribution is 2.46. The lowest BCUT2D eigenvalue weighted by Gasteiger charge is -2.28. The molecule has 6 nitrogen and oxygen atoms in total. The first-order valence-electron chi connectivity index (χ1n) is 8.31. The molecule has 0 saturated carbocycles. The van der Waals surface area contributed by atoms with E-state index in [0.717, 1.165) is 16.9 Å². The van der Waals surface area contributed by atoms with E-state index in [1.807, 2.05) is 61.5 Å². The highest BCUT2D eigenvalue weighted by molar-refractivity contribution is 5.99. The largest absolute Gasteiger partial charge is 0.497 e. The number of nitrogens with zero attached hydrogens (tertiary/aromatic N) is 2. The summed E-state index contributed by atoms with van der Waals surface area (Å²) in [6.45, 7) is 2.51. The molecule has 0 unspecified atom stereocenters. The van der Waals surface area contributed by atoms with E-state index in [-0.39, 0.29) is 6.29 Å². The highest BCUT2D eigenvalue weighted by atomic mass is 16.9. The second-order valence-corrected chi connectivity index (χ2v) is 5.87. The van der Waals surface area contributed by atoms with Crippen LogP contribution >= 0.6 is 0 Å². The maximum atomic E-state index is 6.03. The lowest BCUT2D eigenvalue weighted by Crippen LogP contribution is -2.40. The Labute approximate surface area is 146 Å². The van der Waals surface area contributed by atoms with Crippen LogP contribution in [0.1, 0.15) is 24.5 Å². The summed E-state index contributed by atoms with van der Waals surface area (Å²) in [5, 5.41) is 6.04. The first-order chi connectivity index (χ1) is 12.3. The highest BCUT2D eigenvalue weighted by Gasteiger charge is 2.57. The lowest BCUT2D eigenvalue weighted by molar-refractivity contribution is -0.237. The van der Waals surface area contributed by atoms with Gasteiger partial charge in [-0.3, -0.25) is 0 Å². The number of hydrogen-bond acceptors (Lipinski definition) is 6. The molecule has 2 heterocycles. The van der Waals surface area contributed by atoms with Crippen LogP contribution in [0.4, 0.5) is 0 Å². The van der Waals surface area contributed by atoms with Gasteiger partial charge in [0.25, 0.3) is 5.72 Å². The van der Waals surface area contributed by atoms with Gasteiger partial charge in [-0.1, -0.05) is 35.5 Å². The van der Waals surface area contributed by atoms with Crippen LogP contribution in [-0.4, -0.2) is 30.9 Å². The summed E-state index contributed by atoms with van der Waals surface area (Å²) in [7, 11) is 1.64. The van der Waals surface area contributed by atoms with Gasteiger partial charge in [-0.2, -0.15) is 5.06 Å². The molecule has 4 rings (SSSR count). The van der Waals surface area contributed by atoms with E-state index in [1.54, 1.807) is 12.2 Å². The van der Waals surface area contributed by atoms with Crippen molar-refractivity contribution in [1.82, 2.24) is 5.06 Å². The van der Waals surface area contributed by atoms with Gasteiger partial charge in [0.05, 0.1) is 13.5 Å². The van der Waals surface area contributed by atoms with Crippen molar-refractivity contribution in [3.63, 3.8) is 0 Å². The molecule has 6 heteroatoms. The van der Waals surface area contributed by atoms with Crippen molar-refractivity contribution in [2.24, 2.45) is 5.16 Å². The van der Waals surface area contributed by atoms with E-state index >= 15 is 0 Å². The van der Waals surface area contributed by atoms with E-state index < -0.39 is 5.72 Å². The van der Waals surface area contributed by atoms with Crippen molar-refractivity contribution in [2.75, 3.05) is 13.7 Å². The molecule has 1 saturated heterocycles. The quantitative estimate of drug-likeness (QED) is 0.836. The van der Waals surface area contributed by atoms with Crippen LogP contribution < -0.4 is 4.74 Å². The average Bonchev–Trinajstić information content (AvgIpc) is 3.19.